The highest BCUT2D eigenvalue weighted by Gasteiger charge is 2.22. The average molecular weight is 408 g/mol. The molecule has 2 aliphatic rings. The number of hydrogen-bond donors (Lipinski definition) is 1. The fourth-order valence-corrected chi connectivity index (χ4v) is 4.11. The summed E-state index contributed by atoms with van der Waals surface area (Å²) in [6.07, 6.45) is 1.85. The quantitative estimate of drug-likeness (QED) is 0.766. The van der Waals surface area contributed by atoms with E-state index in [1.165, 1.54) is 0 Å². The van der Waals surface area contributed by atoms with Gasteiger partial charge in [0.1, 0.15) is 0 Å². The largest absolute Gasteiger partial charge is 0.379 e. The van der Waals surface area contributed by atoms with Crippen LogP contribution in [0.15, 0.2) is 54.6 Å². The molecule has 30 heavy (non-hydrogen) atoms. The van der Waals surface area contributed by atoms with Crippen LogP contribution in [0, 0.1) is 0 Å². The Balaban J connectivity index is 1.38. The van der Waals surface area contributed by atoms with Crippen molar-refractivity contribution in [3.8, 4) is 0 Å². The van der Waals surface area contributed by atoms with Gasteiger partial charge in [0.15, 0.2) is 0 Å². The molecule has 0 spiro atoms. The van der Waals surface area contributed by atoms with Crippen LogP contribution in [0.25, 0.3) is 0 Å². The molecule has 0 aromatic heterocycles. The summed E-state index contributed by atoms with van der Waals surface area (Å²) < 4.78 is 5.45. The molecule has 2 fully saturated rings. The lowest BCUT2D eigenvalue weighted by atomic mass is 10.0. The summed E-state index contributed by atoms with van der Waals surface area (Å²) in [5.41, 5.74) is 2.97. The molecule has 0 bridgehead atoms. The van der Waals surface area contributed by atoms with E-state index in [9.17, 15) is 9.59 Å². The van der Waals surface area contributed by atoms with Gasteiger partial charge in [0.25, 0.3) is 0 Å². The number of benzene rings is 2. The second-order valence-corrected chi connectivity index (χ2v) is 7.94. The van der Waals surface area contributed by atoms with Crippen molar-refractivity contribution in [3.05, 3.63) is 65.7 Å². The third-order valence-corrected chi connectivity index (χ3v) is 5.77. The van der Waals surface area contributed by atoms with Gasteiger partial charge < -0.3 is 15.0 Å². The summed E-state index contributed by atoms with van der Waals surface area (Å²) in [5.74, 6) is 0.177. The number of carbonyl (C=O) groups excluding carboxylic acids is 2. The highest BCUT2D eigenvalue weighted by Crippen LogP contribution is 2.22. The third kappa shape index (κ3) is 5.26. The van der Waals surface area contributed by atoms with Gasteiger partial charge in [-0.15, -0.1) is 0 Å². The van der Waals surface area contributed by atoms with Gasteiger partial charge in [-0.3, -0.25) is 14.5 Å². The van der Waals surface area contributed by atoms with E-state index in [4.69, 9.17) is 4.74 Å². The first-order valence-electron chi connectivity index (χ1n) is 10.7. The predicted molar refractivity (Wildman–Crippen MR) is 116 cm³/mol. The number of anilines is 1. The van der Waals surface area contributed by atoms with Gasteiger partial charge in [-0.25, -0.2) is 0 Å². The Bertz CT molecular complexity index is 848. The summed E-state index contributed by atoms with van der Waals surface area (Å²) in [7, 11) is 0. The lowest BCUT2D eigenvalue weighted by Gasteiger charge is -2.31. The zero-order chi connectivity index (χ0) is 20.8. The minimum atomic E-state index is -0.0571. The van der Waals surface area contributed by atoms with Crippen LogP contribution in [-0.4, -0.2) is 56.1 Å². The van der Waals surface area contributed by atoms with Crippen LogP contribution in [0.5, 0.6) is 0 Å². The van der Waals surface area contributed by atoms with Crippen molar-refractivity contribution in [2.45, 2.75) is 25.3 Å². The topological polar surface area (TPSA) is 61.9 Å². The molecule has 0 aliphatic carbocycles. The first-order valence-corrected chi connectivity index (χ1v) is 10.7. The lowest BCUT2D eigenvalue weighted by Crippen LogP contribution is -2.43. The van der Waals surface area contributed by atoms with E-state index >= 15 is 0 Å². The zero-order valence-electron chi connectivity index (χ0n) is 17.3. The van der Waals surface area contributed by atoms with E-state index in [2.05, 4.69) is 22.3 Å². The van der Waals surface area contributed by atoms with Crippen molar-refractivity contribution in [2.24, 2.45) is 0 Å². The molecular formula is C24H29N3O3. The minimum Gasteiger partial charge on any atom is -0.379 e. The summed E-state index contributed by atoms with van der Waals surface area (Å²) in [4.78, 5) is 28.9. The van der Waals surface area contributed by atoms with Crippen LogP contribution in [0.1, 0.15) is 30.0 Å². The number of hydrogen-bond acceptors (Lipinski definition) is 4. The maximum absolute atomic E-state index is 12.8. The Kier molecular flexibility index (Phi) is 6.77. The molecule has 0 saturated carbocycles. The van der Waals surface area contributed by atoms with Crippen molar-refractivity contribution < 1.29 is 14.3 Å². The first kappa shape index (κ1) is 20.6. The fraction of sp³-hybridized carbons (Fsp3) is 0.417. The van der Waals surface area contributed by atoms with E-state index < -0.39 is 0 Å². The van der Waals surface area contributed by atoms with Crippen molar-refractivity contribution in [1.82, 2.24) is 10.2 Å². The standard InChI is InChI=1S/C24H29N3O3/c28-23(17-19-8-10-21(11-9-19)27-12-4-7-24(27)29)25-22(20-5-2-1-3-6-20)18-26-13-15-30-16-14-26/h1-3,5-6,8-11,22H,4,7,12-18H2,(H,25,28)/t22-/m0/s1. The van der Waals surface area contributed by atoms with Gasteiger partial charge in [-0.2, -0.15) is 0 Å². The molecule has 1 atom stereocenters. The normalized spacial score (nSPS) is 18.4. The van der Waals surface area contributed by atoms with Crippen LogP contribution in [-0.2, 0) is 20.7 Å². The number of nitrogens with one attached hydrogen (secondary N) is 1. The average Bonchev–Trinajstić information content (AvgIpc) is 3.21. The molecule has 2 aromatic carbocycles. The van der Waals surface area contributed by atoms with Crippen molar-refractivity contribution >= 4 is 17.5 Å². The van der Waals surface area contributed by atoms with Crippen LogP contribution in [0.3, 0.4) is 0 Å². The molecular weight excluding hydrogens is 378 g/mol. The van der Waals surface area contributed by atoms with Gasteiger partial charge in [0, 0.05) is 38.3 Å². The summed E-state index contributed by atoms with van der Waals surface area (Å²) in [6, 6.07) is 17.8. The Morgan fingerprint density at radius 2 is 1.73 bits per heavy atom. The van der Waals surface area contributed by atoms with E-state index in [0.29, 0.717) is 12.8 Å². The summed E-state index contributed by atoms with van der Waals surface area (Å²) in [5, 5.41) is 3.22. The maximum Gasteiger partial charge on any atom is 0.227 e. The fourth-order valence-electron chi connectivity index (χ4n) is 4.11. The van der Waals surface area contributed by atoms with Crippen molar-refractivity contribution in [1.29, 1.82) is 0 Å². The van der Waals surface area contributed by atoms with Gasteiger partial charge >= 0.3 is 0 Å². The molecule has 2 aliphatic heterocycles. The van der Waals surface area contributed by atoms with Crippen LogP contribution < -0.4 is 10.2 Å². The van der Waals surface area contributed by atoms with Crippen LogP contribution >= 0.6 is 0 Å². The lowest BCUT2D eigenvalue weighted by molar-refractivity contribution is -0.121. The number of nitrogens with zero attached hydrogens (tertiary/aromatic N) is 2. The van der Waals surface area contributed by atoms with Gasteiger partial charge in [0.2, 0.25) is 11.8 Å². The molecule has 2 aromatic rings. The number of carbonyl (C=O) groups is 2. The molecule has 0 radical (unpaired) electrons. The van der Waals surface area contributed by atoms with Crippen molar-refractivity contribution in [2.75, 3.05) is 44.3 Å². The first-order chi connectivity index (χ1) is 14.7. The molecule has 0 unspecified atom stereocenters. The van der Waals surface area contributed by atoms with Gasteiger partial charge in [0.05, 0.1) is 25.7 Å². The van der Waals surface area contributed by atoms with Gasteiger partial charge in [-0.05, 0) is 29.7 Å². The smallest absolute Gasteiger partial charge is 0.227 e. The number of ether oxygens (including phenoxy) is 1. The molecule has 6 nitrogen and oxygen atoms in total. The molecule has 2 saturated heterocycles. The molecule has 2 amide bonds. The maximum atomic E-state index is 12.8. The number of amides is 2. The zero-order valence-corrected chi connectivity index (χ0v) is 17.3. The van der Waals surface area contributed by atoms with E-state index in [-0.39, 0.29) is 17.9 Å². The molecule has 158 valence electrons. The van der Waals surface area contributed by atoms with Crippen LogP contribution in [0.2, 0.25) is 0 Å². The highest BCUT2D eigenvalue weighted by molar-refractivity contribution is 5.95. The second-order valence-electron chi connectivity index (χ2n) is 7.94. The van der Waals surface area contributed by atoms with E-state index in [1.54, 1.807) is 0 Å². The minimum absolute atomic E-state index is 0.00195. The third-order valence-electron chi connectivity index (χ3n) is 5.77. The Labute approximate surface area is 177 Å². The van der Waals surface area contributed by atoms with Crippen molar-refractivity contribution in [3.63, 3.8) is 0 Å². The predicted octanol–water partition coefficient (Wildman–Crippen LogP) is 2.55. The summed E-state index contributed by atoms with van der Waals surface area (Å²) in [6.45, 7) is 4.79. The highest BCUT2D eigenvalue weighted by atomic mass is 16.5. The Morgan fingerprint density at radius 1 is 1.00 bits per heavy atom. The molecule has 2 heterocycles. The summed E-state index contributed by atoms with van der Waals surface area (Å²) >= 11 is 0. The molecule has 6 heteroatoms. The van der Waals surface area contributed by atoms with E-state index in [1.807, 2.05) is 47.4 Å². The van der Waals surface area contributed by atoms with E-state index in [0.717, 1.165) is 62.6 Å². The van der Waals surface area contributed by atoms with Crippen LogP contribution in [0.4, 0.5) is 5.69 Å². The molecule has 1 N–H and O–H groups in total. The SMILES string of the molecule is O=C(Cc1ccc(N2CCCC2=O)cc1)N[C@@H](CN1CCOCC1)c1ccccc1. The van der Waals surface area contributed by atoms with Gasteiger partial charge in [-0.1, -0.05) is 42.5 Å². The Hall–Kier alpha value is -2.70. The number of rotatable bonds is 7. The number of morpholine rings is 1. The Morgan fingerprint density at radius 3 is 2.40 bits per heavy atom. The molecule has 4 rings (SSSR count). The monoisotopic (exact) mass is 407 g/mol. The second kappa shape index (κ2) is 9.87.